The van der Waals surface area contributed by atoms with Crippen LogP contribution in [0, 0.1) is 18.4 Å². The Kier molecular flexibility index (Phi) is 4.81. The number of fused-ring (bicyclic) bond motifs is 1. The van der Waals surface area contributed by atoms with Crippen LogP contribution in [0.5, 0.6) is 5.75 Å². The maximum atomic E-state index is 9.11. The van der Waals surface area contributed by atoms with Crippen LogP contribution in [0.25, 0.3) is 11.0 Å². The number of hydrogen-bond acceptors (Lipinski definition) is 6. The Labute approximate surface area is 163 Å². The molecule has 0 saturated carbocycles. The zero-order valence-electron chi connectivity index (χ0n) is 15.8. The van der Waals surface area contributed by atoms with E-state index in [0.717, 1.165) is 35.5 Å². The number of aryl methyl sites for hydroxylation is 1. The van der Waals surface area contributed by atoms with Gasteiger partial charge in [0.1, 0.15) is 23.5 Å². The third-order valence-corrected chi connectivity index (χ3v) is 4.92. The Bertz CT molecular complexity index is 1040. The molecular formula is C20H21N7O. The van der Waals surface area contributed by atoms with Gasteiger partial charge in [0.2, 0.25) is 6.19 Å². The lowest BCUT2D eigenvalue weighted by Crippen LogP contribution is -2.55. The third kappa shape index (κ3) is 3.34. The van der Waals surface area contributed by atoms with Crippen molar-refractivity contribution >= 4 is 22.9 Å². The van der Waals surface area contributed by atoms with Crippen molar-refractivity contribution in [2.75, 3.05) is 24.5 Å². The molecule has 1 fully saturated rings. The van der Waals surface area contributed by atoms with Gasteiger partial charge >= 0.3 is 6.02 Å². The Morgan fingerprint density at radius 2 is 2.11 bits per heavy atom. The van der Waals surface area contributed by atoms with Gasteiger partial charge in [0.25, 0.3) is 0 Å². The topological polar surface area (TPSA) is 93.4 Å². The van der Waals surface area contributed by atoms with E-state index in [2.05, 4.69) is 38.7 Å². The second kappa shape index (κ2) is 7.56. The largest absolute Gasteiger partial charge is 0.425 e. The molecule has 0 bridgehead atoms. The Hall–Kier alpha value is -3.60. The lowest BCUT2D eigenvalue weighted by molar-refractivity contribution is 0.254. The lowest BCUT2D eigenvalue weighted by atomic mass is 10.1. The van der Waals surface area contributed by atoms with Crippen molar-refractivity contribution in [2.24, 2.45) is 4.99 Å². The molecule has 3 heterocycles. The number of nitriles is 1. The number of ether oxygens (including phenoxy) is 1. The molecule has 1 aromatic carbocycles. The van der Waals surface area contributed by atoms with E-state index >= 15 is 0 Å². The second-order valence-electron chi connectivity index (χ2n) is 6.79. The number of benzene rings is 1. The summed E-state index contributed by atoms with van der Waals surface area (Å²) in [7, 11) is 0. The lowest BCUT2D eigenvalue weighted by Gasteiger charge is -2.41. The minimum Gasteiger partial charge on any atom is -0.425 e. The molecule has 0 aliphatic carbocycles. The molecule has 1 atom stereocenters. The van der Waals surface area contributed by atoms with Gasteiger partial charge in [-0.2, -0.15) is 5.26 Å². The molecule has 0 spiro atoms. The summed E-state index contributed by atoms with van der Waals surface area (Å²) >= 11 is 0. The second-order valence-corrected chi connectivity index (χ2v) is 6.79. The van der Waals surface area contributed by atoms with Crippen LogP contribution in [0.15, 0.2) is 47.8 Å². The quantitative estimate of drug-likeness (QED) is 0.420. The van der Waals surface area contributed by atoms with Crippen LogP contribution in [-0.2, 0) is 0 Å². The van der Waals surface area contributed by atoms with E-state index in [1.165, 1.54) is 0 Å². The van der Waals surface area contributed by atoms with Crippen LogP contribution in [0.1, 0.15) is 12.5 Å². The number of aromatic amines is 1. The predicted molar refractivity (Wildman–Crippen MR) is 107 cm³/mol. The molecular weight excluding hydrogens is 354 g/mol. The summed E-state index contributed by atoms with van der Waals surface area (Å²) in [6.45, 7) is 6.29. The highest BCUT2D eigenvalue weighted by atomic mass is 16.5. The van der Waals surface area contributed by atoms with Gasteiger partial charge in [-0.25, -0.2) is 9.97 Å². The van der Waals surface area contributed by atoms with Gasteiger partial charge in [0.05, 0.1) is 5.39 Å². The average Bonchev–Trinajstić information content (AvgIpc) is 3.10. The van der Waals surface area contributed by atoms with Gasteiger partial charge < -0.3 is 19.5 Å². The first-order valence-electron chi connectivity index (χ1n) is 9.17. The fourth-order valence-electron chi connectivity index (χ4n) is 3.55. The number of H-pyrrole nitrogens is 1. The number of para-hydroxylation sites is 1. The number of hydrogen-bond donors (Lipinski definition) is 1. The molecule has 8 nitrogen and oxygen atoms in total. The molecule has 28 heavy (non-hydrogen) atoms. The highest BCUT2D eigenvalue weighted by Gasteiger charge is 2.29. The maximum absolute atomic E-state index is 9.11. The molecule has 3 aromatic rings. The Morgan fingerprint density at radius 1 is 1.29 bits per heavy atom. The summed E-state index contributed by atoms with van der Waals surface area (Å²) in [5.41, 5.74) is 1.97. The number of aromatic nitrogens is 3. The maximum Gasteiger partial charge on any atom is 0.308 e. The van der Waals surface area contributed by atoms with Crippen molar-refractivity contribution < 1.29 is 4.74 Å². The molecule has 142 valence electrons. The summed E-state index contributed by atoms with van der Waals surface area (Å²) in [5.74, 6) is 1.59. The first kappa shape index (κ1) is 17.8. The summed E-state index contributed by atoms with van der Waals surface area (Å²) in [5, 5.41) is 10.2. The average molecular weight is 375 g/mol. The van der Waals surface area contributed by atoms with E-state index in [-0.39, 0.29) is 6.04 Å². The highest BCUT2D eigenvalue weighted by molar-refractivity contribution is 5.90. The SMILES string of the molecule is Cc1c[nH]c2ncnc(N3CCN(C(=NC#N)Oc4ccccc4)[C@@H](C)C3)c12. The van der Waals surface area contributed by atoms with E-state index in [9.17, 15) is 0 Å². The monoisotopic (exact) mass is 375 g/mol. The van der Waals surface area contributed by atoms with Crippen molar-refractivity contribution in [1.82, 2.24) is 19.9 Å². The minimum atomic E-state index is 0.0915. The van der Waals surface area contributed by atoms with E-state index in [1.54, 1.807) is 6.33 Å². The number of nitrogens with zero attached hydrogens (tertiary/aromatic N) is 6. The number of piperazine rings is 1. The molecule has 2 aromatic heterocycles. The van der Waals surface area contributed by atoms with Gasteiger partial charge in [-0.15, -0.1) is 4.99 Å². The van der Waals surface area contributed by atoms with Crippen LogP contribution in [0.2, 0.25) is 0 Å². The molecule has 0 amide bonds. The molecule has 4 rings (SSSR count). The van der Waals surface area contributed by atoms with Gasteiger partial charge in [0, 0.05) is 31.9 Å². The van der Waals surface area contributed by atoms with Crippen LogP contribution < -0.4 is 9.64 Å². The summed E-state index contributed by atoms with van der Waals surface area (Å²) < 4.78 is 5.89. The number of anilines is 1. The summed E-state index contributed by atoms with van der Waals surface area (Å²) in [6, 6.07) is 9.81. The molecule has 0 radical (unpaired) electrons. The van der Waals surface area contributed by atoms with Crippen molar-refractivity contribution in [2.45, 2.75) is 19.9 Å². The first-order valence-corrected chi connectivity index (χ1v) is 9.17. The van der Waals surface area contributed by atoms with E-state index in [1.807, 2.05) is 47.6 Å². The van der Waals surface area contributed by atoms with Gasteiger partial charge in [0.15, 0.2) is 0 Å². The van der Waals surface area contributed by atoms with Crippen molar-refractivity contribution in [1.29, 1.82) is 5.26 Å². The van der Waals surface area contributed by atoms with Gasteiger partial charge in [-0.1, -0.05) is 18.2 Å². The summed E-state index contributed by atoms with van der Waals surface area (Å²) in [6.07, 6.45) is 5.40. The van der Waals surface area contributed by atoms with Crippen molar-refractivity contribution in [3.05, 3.63) is 48.4 Å². The van der Waals surface area contributed by atoms with Crippen molar-refractivity contribution in [3.63, 3.8) is 0 Å². The zero-order valence-corrected chi connectivity index (χ0v) is 15.8. The fourth-order valence-corrected chi connectivity index (χ4v) is 3.55. The molecule has 0 unspecified atom stereocenters. The standard InChI is InChI=1S/C20H21N7O/c1-14-10-22-18-17(14)19(25-13-24-18)26-8-9-27(15(2)11-26)20(23-12-21)28-16-6-4-3-5-7-16/h3-7,10,13,15H,8-9,11H2,1-2H3,(H,22,24,25)/t15-/m0/s1. The normalized spacial score (nSPS) is 17.6. The van der Waals surface area contributed by atoms with Gasteiger partial charge in [-0.05, 0) is 31.5 Å². The van der Waals surface area contributed by atoms with Crippen LogP contribution in [-0.4, -0.2) is 51.5 Å². The number of rotatable bonds is 2. The van der Waals surface area contributed by atoms with E-state index in [4.69, 9.17) is 10.00 Å². The number of amidine groups is 1. The molecule has 1 aliphatic heterocycles. The van der Waals surface area contributed by atoms with E-state index in [0.29, 0.717) is 18.3 Å². The zero-order chi connectivity index (χ0) is 19.5. The Balaban J connectivity index is 1.55. The van der Waals surface area contributed by atoms with Crippen LogP contribution in [0.4, 0.5) is 5.82 Å². The third-order valence-electron chi connectivity index (χ3n) is 4.92. The Morgan fingerprint density at radius 3 is 2.86 bits per heavy atom. The minimum absolute atomic E-state index is 0.0915. The number of nitrogens with one attached hydrogen (secondary N) is 1. The first-order chi connectivity index (χ1) is 13.7. The highest BCUT2D eigenvalue weighted by Crippen LogP contribution is 2.27. The molecule has 1 saturated heterocycles. The predicted octanol–water partition coefficient (Wildman–Crippen LogP) is 2.69. The van der Waals surface area contributed by atoms with Crippen LogP contribution in [0.3, 0.4) is 0 Å². The fraction of sp³-hybridized carbons (Fsp3) is 0.300. The number of aliphatic imine (C=N–C) groups is 1. The van der Waals surface area contributed by atoms with E-state index < -0.39 is 0 Å². The molecule has 8 heteroatoms. The summed E-state index contributed by atoms with van der Waals surface area (Å²) in [4.78, 5) is 20.2. The van der Waals surface area contributed by atoms with Crippen molar-refractivity contribution in [3.8, 4) is 11.9 Å². The molecule has 1 aliphatic rings. The molecule has 1 N–H and O–H groups in total. The smallest absolute Gasteiger partial charge is 0.308 e. The van der Waals surface area contributed by atoms with Crippen LogP contribution >= 0.6 is 0 Å². The van der Waals surface area contributed by atoms with Gasteiger partial charge in [-0.3, -0.25) is 0 Å².